The number of anilines is 2. The van der Waals surface area contributed by atoms with E-state index in [1.165, 1.54) is 20.5 Å². The second-order valence-electron chi connectivity index (χ2n) is 8.67. The molecule has 2 aromatic carbocycles. The number of nitrogens with zero attached hydrogens (tertiary/aromatic N) is 3. The number of urea groups is 1. The Morgan fingerprint density at radius 1 is 0.917 bits per heavy atom. The number of aromatic nitrogens is 3. The van der Waals surface area contributed by atoms with Gasteiger partial charge in [0.2, 0.25) is 5.88 Å². The van der Waals surface area contributed by atoms with E-state index in [4.69, 9.17) is 18.7 Å². The molecule has 0 spiro atoms. The third-order valence-electron chi connectivity index (χ3n) is 5.07. The van der Waals surface area contributed by atoms with Gasteiger partial charge in [-0.25, -0.2) is 23.5 Å². The average molecular weight is 499 g/mol. The number of methoxy groups -OCH3 is 2. The van der Waals surface area contributed by atoms with Gasteiger partial charge in [-0.05, 0) is 6.07 Å². The molecule has 0 atom stereocenters. The Morgan fingerprint density at radius 2 is 1.64 bits per heavy atom. The standard InChI is InChI=1S/C24H23F2N5O5/c1-24(2,3)20-10-21(31-36-20)30-23(32)29-16-9-17(14(26)7-13(16)25)35-22-12-6-18(33-4)19(34-5)8-15(12)27-11-28-22/h6-11H,1-5H3,(H2,29,30,31,32). The minimum atomic E-state index is -1.01. The van der Waals surface area contributed by atoms with Crippen LogP contribution in [0.5, 0.6) is 23.1 Å². The summed E-state index contributed by atoms with van der Waals surface area (Å²) in [5.41, 5.74) is -0.208. The fraction of sp³-hybridized carbons (Fsp3) is 0.250. The van der Waals surface area contributed by atoms with Gasteiger partial charge >= 0.3 is 6.03 Å². The summed E-state index contributed by atoms with van der Waals surface area (Å²) in [6, 6.07) is 5.51. The molecule has 0 aliphatic carbocycles. The number of carbonyl (C=O) groups excluding carboxylic acids is 1. The highest BCUT2D eigenvalue weighted by atomic mass is 19.1. The molecule has 0 aliphatic rings. The number of fused-ring (bicyclic) bond motifs is 1. The second kappa shape index (κ2) is 9.64. The van der Waals surface area contributed by atoms with Crippen molar-refractivity contribution in [2.75, 3.05) is 24.9 Å². The van der Waals surface area contributed by atoms with Gasteiger partial charge in [-0.3, -0.25) is 5.32 Å². The van der Waals surface area contributed by atoms with E-state index in [9.17, 15) is 13.6 Å². The average Bonchev–Trinajstić information content (AvgIpc) is 3.30. The van der Waals surface area contributed by atoms with Crippen molar-refractivity contribution in [1.29, 1.82) is 0 Å². The van der Waals surface area contributed by atoms with Crippen LogP contribution in [0.25, 0.3) is 10.9 Å². The first-order valence-corrected chi connectivity index (χ1v) is 10.7. The minimum Gasteiger partial charge on any atom is -0.493 e. The molecule has 188 valence electrons. The highest BCUT2D eigenvalue weighted by Gasteiger charge is 2.21. The van der Waals surface area contributed by atoms with Crippen LogP contribution in [0.15, 0.2) is 41.2 Å². The van der Waals surface area contributed by atoms with Crippen LogP contribution in [0, 0.1) is 11.6 Å². The number of rotatable bonds is 6. The van der Waals surface area contributed by atoms with Gasteiger partial charge in [0.25, 0.3) is 0 Å². The summed E-state index contributed by atoms with van der Waals surface area (Å²) in [6.45, 7) is 5.75. The van der Waals surface area contributed by atoms with E-state index < -0.39 is 17.7 Å². The lowest BCUT2D eigenvalue weighted by Gasteiger charge is -2.13. The molecule has 0 aliphatic heterocycles. The molecule has 2 amide bonds. The van der Waals surface area contributed by atoms with Crippen LogP contribution < -0.4 is 24.8 Å². The topological polar surface area (TPSA) is 121 Å². The zero-order valence-electron chi connectivity index (χ0n) is 20.1. The molecule has 4 aromatic rings. The maximum Gasteiger partial charge on any atom is 0.325 e. The zero-order chi connectivity index (χ0) is 26.0. The smallest absolute Gasteiger partial charge is 0.325 e. The van der Waals surface area contributed by atoms with E-state index in [1.54, 1.807) is 18.2 Å². The predicted octanol–water partition coefficient (Wildman–Crippen LogP) is 5.65. The van der Waals surface area contributed by atoms with Crippen LogP contribution in [0.3, 0.4) is 0 Å². The number of hydrogen-bond donors (Lipinski definition) is 2. The first kappa shape index (κ1) is 24.6. The summed E-state index contributed by atoms with van der Waals surface area (Å²) in [4.78, 5) is 20.6. The SMILES string of the molecule is COc1cc2ncnc(Oc3cc(NC(=O)Nc4cc(C(C)(C)C)on4)c(F)cc3F)c2cc1OC. The monoisotopic (exact) mass is 499 g/mol. The van der Waals surface area contributed by atoms with Crippen molar-refractivity contribution < 1.29 is 32.3 Å². The lowest BCUT2D eigenvalue weighted by molar-refractivity contribution is 0.261. The number of amides is 2. The van der Waals surface area contributed by atoms with Crippen molar-refractivity contribution in [1.82, 2.24) is 15.1 Å². The van der Waals surface area contributed by atoms with Crippen LogP contribution in [0.4, 0.5) is 25.1 Å². The van der Waals surface area contributed by atoms with Gasteiger partial charge in [0, 0.05) is 29.7 Å². The number of hydrogen-bond acceptors (Lipinski definition) is 8. The van der Waals surface area contributed by atoms with Crippen molar-refractivity contribution in [2.45, 2.75) is 26.2 Å². The first-order valence-electron chi connectivity index (χ1n) is 10.7. The Morgan fingerprint density at radius 3 is 2.31 bits per heavy atom. The van der Waals surface area contributed by atoms with E-state index in [2.05, 4.69) is 25.8 Å². The highest BCUT2D eigenvalue weighted by molar-refractivity contribution is 5.99. The van der Waals surface area contributed by atoms with E-state index >= 15 is 0 Å². The molecular formula is C24H23F2N5O5. The van der Waals surface area contributed by atoms with E-state index in [1.807, 2.05) is 20.8 Å². The van der Waals surface area contributed by atoms with Crippen LogP contribution in [-0.4, -0.2) is 35.4 Å². The molecule has 2 N–H and O–H groups in total. The first-order chi connectivity index (χ1) is 17.1. The lowest BCUT2D eigenvalue weighted by Crippen LogP contribution is -2.20. The zero-order valence-corrected chi connectivity index (χ0v) is 20.1. The van der Waals surface area contributed by atoms with Gasteiger partial charge in [-0.2, -0.15) is 0 Å². The van der Waals surface area contributed by atoms with Gasteiger partial charge in [0.15, 0.2) is 28.9 Å². The molecule has 36 heavy (non-hydrogen) atoms. The Bertz CT molecular complexity index is 1430. The maximum atomic E-state index is 14.6. The Balaban J connectivity index is 1.59. The maximum absolute atomic E-state index is 14.6. The van der Waals surface area contributed by atoms with Gasteiger partial charge in [0.1, 0.15) is 17.9 Å². The Kier molecular flexibility index (Phi) is 6.60. The molecule has 0 fully saturated rings. The van der Waals surface area contributed by atoms with Gasteiger partial charge in [-0.1, -0.05) is 25.9 Å². The van der Waals surface area contributed by atoms with E-state index in [-0.39, 0.29) is 28.5 Å². The van der Waals surface area contributed by atoms with Crippen LogP contribution in [0.1, 0.15) is 26.5 Å². The normalized spacial score (nSPS) is 11.3. The highest BCUT2D eigenvalue weighted by Crippen LogP contribution is 2.37. The number of benzene rings is 2. The van der Waals surface area contributed by atoms with Crippen LogP contribution >= 0.6 is 0 Å². The van der Waals surface area contributed by atoms with Crippen LogP contribution in [-0.2, 0) is 5.41 Å². The fourth-order valence-corrected chi connectivity index (χ4v) is 3.21. The van der Waals surface area contributed by atoms with Crippen molar-refractivity contribution in [3.8, 4) is 23.1 Å². The largest absolute Gasteiger partial charge is 0.493 e. The summed E-state index contributed by atoms with van der Waals surface area (Å²) in [7, 11) is 2.94. The molecule has 12 heteroatoms. The number of carbonyl (C=O) groups is 1. The van der Waals surface area contributed by atoms with Crippen molar-refractivity contribution in [3.05, 3.63) is 54.1 Å². The summed E-state index contributed by atoms with van der Waals surface area (Å²) in [5, 5.41) is 8.91. The summed E-state index contributed by atoms with van der Waals surface area (Å²) < 4.78 is 50.4. The van der Waals surface area contributed by atoms with Gasteiger partial charge in [-0.15, -0.1) is 0 Å². The molecule has 2 aromatic heterocycles. The fourth-order valence-electron chi connectivity index (χ4n) is 3.21. The molecule has 0 bridgehead atoms. The number of nitrogens with one attached hydrogen (secondary N) is 2. The molecule has 0 saturated carbocycles. The molecule has 2 heterocycles. The van der Waals surface area contributed by atoms with Crippen molar-refractivity contribution >= 4 is 28.4 Å². The lowest BCUT2D eigenvalue weighted by atomic mass is 9.93. The molecule has 0 unspecified atom stereocenters. The summed E-state index contributed by atoms with van der Waals surface area (Å²) in [6.07, 6.45) is 1.22. The third-order valence-corrected chi connectivity index (χ3v) is 5.07. The number of ether oxygens (including phenoxy) is 3. The van der Waals surface area contributed by atoms with Crippen molar-refractivity contribution in [2.24, 2.45) is 0 Å². The third kappa shape index (κ3) is 5.11. The molecule has 0 radical (unpaired) electrons. The van der Waals surface area contributed by atoms with Gasteiger partial charge in [0.05, 0.1) is 30.8 Å². The molecular weight excluding hydrogens is 476 g/mol. The Labute approximate surface area is 204 Å². The van der Waals surface area contributed by atoms with Crippen LogP contribution in [0.2, 0.25) is 0 Å². The molecule has 4 rings (SSSR count). The Hall–Kier alpha value is -4.48. The second-order valence-corrected chi connectivity index (χ2v) is 8.67. The quantitative estimate of drug-likeness (QED) is 0.349. The molecule has 0 saturated heterocycles. The van der Waals surface area contributed by atoms with Gasteiger partial charge < -0.3 is 24.1 Å². The minimum absolute atomic E-state index is 0.0147. The summed E-state index contributed by atoms with van der Waals surface area (Å²) in [5.74, 6) is -0.910. The molecule has 10 nitrogen and oxygen atoms in total. The van der Waals surface area contributed by atoms with Crippen molar-refractivity contribution in [3.63, 3.8) is 0 Å². The van der Waals surface area contributed by atoms with E-state index in [0.717, 1.165) is 6.07 Å². The van der Waals surface area contributed by atoms with E-state index in [0.29, 0.717) is 34.2 Å². The summed E-state index contributed by atoms with van der Waals surface area (Å²) >= 11 is 0. The number of halogens is 2. The predicted molar refractivity (Wildman–Crippen MR) is 127 cm³/mol.